The molecule has 0 radical (unpaired) electrons. The number of hydrogen-bond donors (Lipinski definition) is 2. The summed E-state index contributed by atoms with van der Waals surface area (Å²) in [6.07, 6.45) is 6.96. The number of hydrazine groups is 1. The predicted octanol–water partition coefficient (Wildman–Crippen LogP) is 2.07. The second-order valence-corrected chi connectivity index (χ2v) is 6.20. The molecular formula is C13H26N2O. The van der Waals surface area contributed by atoms with Crippen LogP contribution >= 0.6 is 0 Å². The molecule has 2 aliphatic carbocycles. The van der Waals surface area contributed by atoms with Gasteiger partial charge in [0.2, 0.25) is 0 Å². The van der Waals surface area contributed by atoms with Crippen LogP contribution < -0.4 is 11.3 Å². The van der Waals surface area contributed by atoms with Gasteiger partial charge in [0, 0.05) is 13.2 Å². The first-order chi connectivity index (χ1) is 7.56. The third kappa shape index (κ3) is 2.27. The zero-order valence-corrected chi connectivity index (χ0v) is 10.8. The van der Waals surface area contributed by atoms with Gasteiger partial charge in [-0.1, -0.05) is 6.42 Å². The maximum Gasteiger partial charge on any atom is 0.0788 e. The molecule has 0 spiro atoms. The summed E-state index contributed by atoms with van der Waals surface area (Å²) in [6, 6.07) is 0.266. The second-order valence-electron chi connectivity index (χ2n) is 6.20. The average molecular weight is 226 g/mol. The van der Waals surface area contributed by atoms with Gasteiger partial charge < -0.3 is 4.74 Å². The number of methoxy groups -OCH3 is 1. The van der Waals surface area contributed by atoms with Gasteiger partial charge in [-0.25, -0.2) is 0 Å². The molecule has 0 aromatic carbocycles. The van der Waals surface area contributed by atoms with Crippen molar-refractivity contribution in [1.29, 1.82) is 0 Å². The van der Waals surface area contributed by atoms with Gasteiger partial charge in [0.1, 0.15) is 0 Å². The van der Waals surface area contributed by atoms with Crippen molar-refractivity contribution in [2.24, 2.45) is 23.6 Å². The van der Waals surface area contributed by atoms with Crippen LogP contribution in [0.5, 0.6) is 0 Å². The minimum atomic E-state index is -0.170. The summed E-state index contributed by atoms with van der Waals surface area (Å²) in [5.41, 5.74) is 2.78. The Labute approximate surface area is 99.1 Å². The van der Waals surface area contributed by atoms with E-state index < -0.39 is 0 Å². The number of rotatable bonds is 5. The largest absolute Gasteiger partial charge is 0.377 e. The molecule has 2 aliphatic rings. The first-order valence-electron chi connectivity index (χ1n) is 6.58. The molecule has 2 fully saturated rings. The third-order valence-corrected chi connectivity index (χ3v) is 4.99. The predicted molar refractivity (Wildman–Crippen MR) is 65.8 cm³/mol. The van der Waals surface area contributed by atoms with E-state index in [2.05, 4.69) is 19.3 Å². The highest BCUT2D eigenvalue weighted by molar-refractivity contribution is 4.94. The summed E-state index contributed by atoms with van der Waals surface area (Å²) in [5, 5.41) is 0. The topological polar surface area (TPSA) is 47.3 Å². The number of ether oxygens (including phenoxy) is 1. The van der Waals surface area contributed by atoms with E-state index in [1.807, 2.05) is 0 Å². The zero-order chi connectivity index (χ0) is 11.8. The lowest BCUT2D eigenvalue weighted by Crippen LogP contribution is -2.52. The Kier molecular flexibility index (Phi) is 3.57. The molecule has 0 aromatic rings. The van der Waals surface area contributed by atoms with Crippen molar-refractivity contribution >= 4 is 0 Å². The molecular weight excluding hydrogens is 200 g/mol. The van der Waals surface area contributed by atoms with Crippen molar-refractivity contribution in [1.82, 2.24) is 5.43 Å². The van der Waals surface area contributed by atoms with Crippen LogP contribution in [-0.4, -0.2) is 18.8 Å². The van der Waals surface area contributed by atoms with Gasteiger partial charge in [-0.05, 0) is 57.3 Å². The van der Waals surface area contributed by atoms with Crippen molar-refractivity contribution in [2.45, 2.75) is 57.6 Å². The van der Waals surface area contributed by atoms with Gasteiger partial charge in [0.05, 0.1) is 5.60 Å². The van der Waals surface area contributed by atoms with E-state index in [1.54, 1.807) is 7.11 Å². The molecule has 3 heteroatoms. The van der Waals surface area contributed by atoms with Crippen molar-refractivity contribution in [3.05, 3.63) is 0 Å². The van der Waals surface area contributed by atoms with Gasteiger partial charge in [0.25, 0.3) is 0 Å². The monoisotopic (exact) mass is 226 g/mol. The van der Waals surface area contributed by atoms with Gasteiger partial charge in [-0.15, -0.1) is 0 Å². The van der Waals surface area contributed by atoms with Crippen LogP contribution in [0.4, 0.5) is 0 Å². The number of nitrogens with two attached hydrogens (primary N) is 1. The Hall–Kier alpha value is -0.120. The lowest BCUT2D eigenvalue weighted by molar-refractivity contribution is -0.0192. The maximum absolute atomic E-state index is 5.68. The molecule has 4 atom stereocenters. The molecule has 0 amide bonds. The summed E-state index contributed by atoms with van der Waals surface area (Å²) in [5.74, 6) is 8.53. The standard InChI is InChI=1S/C13H26N2O/c1-13(2,16-3)12(15-14)8-11-7-9-4-5-10(11)6-9/h9-12,15H,4-8,14H2,1-3H3. The molecule has 0 aliphatic heterocycles. The summed E-state index contributed by atoms with van der Waals surface area (Å²) >= 11 is 0. The smallest absolute Gasteiger partial charge is 0.0788 e. The average Bonchev–Trinajstić information content (AvgIpc) is 2.87. The van der Waals surface area contributed by atoms with Crippen LogP contribution in [0.15, 0.2) is 0 Å². The van der Waals surface area contributed by atoms with Crippen molar-refractivity contribution in [3.8, 4) is 0 Å². The molecule has 0 heterocycles. The van der Waals surface area contributed by atoms with Crippen LogP contribution in [0.1, 0.15) is 46.0 Å². The Morgan fingerprint density at radius 3 is 2.56 bits per heavy atom. The van der Waals surface area contributed by atoms with E-state index in [-0.39, 0.29) is 11.6 Å². The second kappa shape index (κ2) is 4.63. The van der Waals surface area contributed by atoms with Crippen LogP contribution in [-0.2, 0) is 4.74 Å². The zero-order valence-electron chi connectivity index (χ0n) is 10.8. The Balaban J connectivity index is 1.92. The first kappa shape index (κ1) is 12.3. The van der Waals surface area contributed by atoms with Crippen LogP contribution in [0.25, 0.3) is 0 Å². The molecule has 3 nitrogen and oxygen atoms in total. The van der Waals surface area contributed by atoms with E-state index in [9.17, 15) is 0 Å². The normalized spacial score (nSPS) is 35.6. The highest BCUT2D eigenvalue weighted by Crippen LogP contribution is 2.50. The molecule has 2 saturated carbocycles. The molecule has 94 valence electrons. The van der Waals surface area contributed by atoms with Gasteiger partial charge in [-0.3, -0.25) is 11.3 Å². The summed E-state index contributed by atoms with van der Waals surface area (Å²) in [6.45, 7) is 4.23. The molecule has 0 saturated heterocycles. The highest BCUT2D eigenvalue weighted by Gasteiger charge is 2.42. The van der Waals surface area contributed by atoms with Crippen LogP contribution in [0.2, 0.25) is 0 Å². The summed E-state index contributed by atoms with van der Waals surface area (Å²) < 4.78 is 5.54. The van der Waals surface area contributed by atoms with E-state index in [0.717, 1.165) is 17.8 Å². The van der Waals surface area contributed by atoms with Gasteiger partial charge >= 0.3 is 0 Å². The Bertz CT molecular complexity index is 242. The number of fused-ring (bicyclic) bond motifs is 2. The fraction of sp³-hybridized carbons (Fsp3) is 1.00. The van der Waals surface area contributed by atoms with Gasteiger partial charge in [-0.2, -0.15) is 0 Å². The highest BCUT2D eigenvalue weighted by atomic mass is 16.5. The quantitative estimate of drug-likeness (QED) is 0.557. The lowest BCUT2D eigenvalue weighted by Gasteiger charge is -2.36. The van der Waals surface area contributed by atoms with E-state index >= 15 is 0 Å². The van der Waals surface area contributed by atoms with Crippen LogP contribution in [0.3, 0.4) is 0 Å². The summed E-state index contributed by atoms with van der Waals surface area (Å²) in [4.78, 5) is 0. The lowest BCUT2D eigenvalue weighted by atomic mass is 9.81. The van der Waals surface area contributed by atoms with E-state index in [0.29, 0.717) is 0 Å². The maximum atomic E-state index is 5.68. The molecule has 4 unspecified atom stereocenters. The first-order valence-corrected chi connectivity index (χ1v) is 6.58. The minimum absolute atomic E-state index is 0.170. The third-order valence-electron chi connectivity index (χ3n) is 4.99. The Morgan fingerprint density at radius 2 is 2.12 bits per heavy atom. The Morgan fingerprint density at radius 1 is 1.38 bits per heavy atom. The molecule has 2 rings (SSSR count). The molecule has 0 aromatic heterocycles. The van der Waals surface area contributed by atoms with Crippen molar-refractivity contribution in [3.63, 3.8) is 0 Å². The molecule has 2 bridgehead atoms. The fourth-order valence-corrected chi connectivity index (χ4v) is 3.66. The van der Waals surface area contributed by atoms with Crippen molar-refractivity contribution in [2.75, 3.05) is 7.11 Å². The summed E-state index contributed by atoms with van der Waals surface area (Å²) in [7, 11) is 1.77. The number of nitrogens with one attached hydrogen (secondary N) is 1. The van der Waals surface area contributed by atoms with Crippen molar-refractivity contribution < 1.29 is 4.74 Å². The SMILES string of the molecule is COC(C)(C)C(CC1CC2CCC1C2)NN. The van der Waals surface area contributed by atoms with Crippen LogP contribution in [0, 0.1) is 17.8 Å². The minimum Gasteiger partial charge on any atom is -0.377 e. The fourth-order valence-electron chi connectivity index (χ4n) is 3.66. The number of hydrogen-bond acceptors (Lipinski definition) is 3. The van der Waals surface area contributed by atoms with E-state index in [4.69, 9.17) is 10.6 Å². The van der Waals surface area contributed by atoms with Gasteiger partial charge in [0.15, 0.2) is 0 Å². The molecule has 16 heavy (non-hydrogen) atoms. The van der Waals surface area contributed by atoms with E-state index in [1.165, 1.54) is 32.1 Å². The molecule has 3 N–H and O–H groups in total.